The Morgan fingerprint density at radius 2 is 1.86 bits per heavy atom. The number of hydrogen-bond acceptors (Lipinski definition) is 6. The quantitative estimate of drug-likeness (QED) is 0.685. The molecule has 1 saturated carbocycles. The maximum Gasteiger partial charge on any atom is 0.277 e. The number of halogens is 1. The van der Waals surface area contributed by atoms with E-state index in [0.717, 1.165) is 51.6 Å². The lowest BCUT2D eigenvalue weighted by Crippen LogP contribution is -2.34. The molecule has 29 heavy (non-hydrogen) atoms. The predicted octanol–water partition coefficient (Wildman–Crippen LogP) is 2.56. The van der Waals surface area contributed by atoms with Gasteiger partial charge >= 0.3 is 0 Å². The van der Waals surface area contributed by atoms with Gasteiger partial charge in [-0.15, -0.1) is 17.5 Å². The van der Waals surface area contributed by atoms with Crippen molar-refractivity contribution in [2.45, 2.75) is 56.8 Å². The highest BCUT2D eigenvalue weighted by atomic mass is 35.5. The van der Waals surface area contributed by atoms with Crippen LogP contribution in [0.25, 0.3) is 0 Å². The highest BCUT2D eigenvalue weighted by molar-refractivity contribution is 6.02. The molecule has 2 fully saturated rings. The van der Waals surface area contributed by atoms with E-state index in [2.05, 4.69) is 20.9 Å². The summed E-state index contributed by atoms with van der Waals surface area (Å²) in [7, 11) is 0. The van der Waals surface area contributed by atoms with E-state index in [9.17, 15) is 9.90 Å². The van der Waals surface area contributed by atoms with E-state index in [1.54, 1.807) is 23.0 Å². The van der Waals surface area contributed by atoms with E-state index in [1.807, 2.05) is 12.1 Å². The van der Waals surface area contributed by atoms with Crippen LogP contribution in [0.4, 0.5) is 5.69 Å². The van der Waals surface area contributed by atoms with E-state index in [4.69, 9.17) is 4.74 Å². The minimum Gasteiger partial charge on any atom is -0.488 e. The summed E-state index contributed by atoms with van der Waals surface area (Å²) in [6.45, 7) is 1.91. The molecule has 0 radical (unpaired) electrons. The zero-order valence-corrected chi connectivity index (χ0v) is 17.1. The third kappa shape index (κ3) is 5.46. The molecule has 4 rings (SSSR count). The Labute approximate surface area is 176 Å². The summed E-state index contributed by atoms with van der Waals surface area (Å²) < 4.78 is 7.68. The van der Waals surface area contributed by atoms with E-state index in [1.165, 1.54) is 0 Å². The average molecular weight is 422 g/mol. The Balaban J connectivity index is 0.00000240. The lowest BCUT2D eigenvalue weighted by atomic mass is 9.95. The van der Waals surface area contributed by atoms with Gasteiger partial charge in [0.1, 0.15) is 11.9 Å². The van der Waals surface area contributed by atoms with Gasteiger partial charge in [0.05, 0.1) is 18.3 Å². The first-order chi connectivity index (χ1) is 13.7. The minimum absolute atomic E-state index is 0. The second kappa shape index (κ2) is 10.0. The first-order valence-electron chi connectivity index (χ1n) is 10.1. The molecule has 2 aromatic rings. The second-order valence-electron chi connectivity index (χ2n) is 7.55. The van der Waals surface area contributed by atoms with Crippen LogP contribution in [0, 0.1) is 0 Å². The number of rotatable bonds is 5. The number of amides is 1. The maximum atomic E-state index is 12.5. The predicted molar refractivity (Wildman–Crippen MR) is 112 cm³/mol. The highest BCUT2D eigenvalue weighted by Gasteiger charge is 2.24. The number of hydrogen-bond donors (Lipinski definition) is 3. The van der Waals surface area contributed by atoms with Crippen LogP contribution in [0.15, 0.2) is 30.5 Å². The van der Waals surface area contributed by atoms with Crippen molar-refractivity contribution in [1.82, 2.24) is 20.3 Å². The fourth-order valence-electron chi connectivity index (χ4n) is 3.83. The fourth-order valence-corrected chi connectivity index (χ4v) is 3.83. The highest BCUT2D eigenvalue weighted by Crippen LogP contribution is 2.25. The largest absolute Gasteiger partial charge is 0.488 e. The van der Waals surface area contributed by atoms with Crippen molar-refractivity contribution >= 4 is 24.0 Å². The molecular formula is C20H28ClN5O3. The number of aromatic nitrogens is 3. The number of benzene rings is 1. The molecule has 2 unspecified atom stereocenters. The van der Waals surface area contributed by atoms with E-state index < -0.39 is 6.10 Å². The number of nitrogens with zero attached hydrogens (tertiary/aromatic N) is 3. The molecule has 2 heterocycles. The van der Waals surface area contributed by atoms with Gasteiger partial charge in [-0.1, -0.05) is 11.6 Å². The van der Waals surface area contributed by atoms with Crippen LogP contribution in [0.5, 0.6) is 5.75 Å². The lowest BCUT2D eigenvalue weighted by molar-refractivity contribution is 0.00688. The van der Waals surface area contributed by atoms with Gasteiger partial charge < -0.3 is 20.5 Å². The standard InChI is InChI=1S/C20H27N5O3.ClH/c26-18-3-1-2-4-19(18)28-16-7-5-14(6-8-16)22-20(27)17-13-25(24-23-17)15-9-11-21-12-10-15;/h5-8,13,15,18-19,21,26H,1-4,9-12H2,(H,22,27);1H. The Hall–Kier alpha value is -2.16. The number of carbonyl (C=O) groups excluding carboxylic acids is 1. The number of nitrogens with one attached hydrogen (secondary N) is 2. The molecule has 158 valence electrons. The average Bonchev–Trinajstić information content (AvgIpc) is 3.22. The smallest absolute Gasteiger partial charge is 0.277 e. The Kier molecular flexibility index (Phi) is 7.46. The third-order valence-corrected chi connectivity index (χ3v) is 5.49. The summed E-state index contributed by atoms with van der Waals surface area (Å²) in [6, 6.07) is 7.49. The Morgan fingerprint density at radius 1 is 1.14 bits per heavy atom. The van der Waals surface area contributed by atoms with Crippen LogP contribution in [0.3, 0.4) is 0 Å². The number of aliphatic hydroxyl groups is 1. The molecular weight excluding hydrogens is 394 g/mol. The first kappa shape index (κ1) is 21.5. The minimum atomic E-state index is -0.407. The molecule has 0 spiro atoms. The molecule has 1 amide bonds. The van der Waals surface area contributed by atoms with Gasteiger partial charge in [0.15, 0.2) is 5.69 Å². The molecule has 1 saturated heterocycles. The van der Waals surface area contributed by atoms with Gasteiger partial charge in [-0.25, -0.2) is 4.68 Å². The van der Waals surface area contributed by atoms with Crippen molar-refractivity contribution in [3.63, 3.8) is 0 Å². The summed E-state index contributed by atoms with van der Waals surface area (Å²) in [4.78, 5) is 12.5. The summed E-state index contributed by atoms with van der Waals surface area (Å²) in [5.74, 6) is 0.414. The number of piperidine rings is 1. The van der Waals surface area contributed by atoms with Gasteiger partial charge in [0.25, 0.3) is 5.91 Å². The maximum absolute atomic E-state index is 12.5. The van der Waals surface area contributed by atoms with Gasteiger partial charge in [-0.3, -0.25) is 4.79 Å². The van der Waals surface area contributed by atoms with Crippen molar-refractivity contribution in [2.24, 2.45) is 0 Å². The molecule has 9 heteroatoms. The molecule has 1 aromatic heterocycles. The van der Waals surface area contributed by atoms with Crippen LogP contribution < -0.4 is 15.4 Å². The molecule has 3 N–H and O–H groups in total. The van der Waals surface area contributed by atoms with Crippen LogP contribution in [-0.4, -0.2) is 51.3 Å². The van der Waals surface area contributed by atoms with Crippen LogP contribution in [0.2, 0.25) is 0 Å². The van der Waals surface area contributed by atoms with Crippen LogP contribution in [0.1, 0.15) is 55.1 Å². The van der Waals surface area contributed by atoms with E-state index >= 15 is 0 Å². The normalized spacial score (nSPS) is 22.5. The monoisotopic (exact) mass is 421 g/mol. The van der Waals surface area contributed by atoms with Crippen molar-refractivity contribution in [3.8, 4) is 5.75 Å². The molecule has 1 aliphatic carbocycles. The fraction of sp³-hybridized carbons (Fsp3) is 0.550. The summed E-state index contributed by atoms with van der Waals surface area (Å²) in [5, 5.41) is 24.3. The SMILES string of the molecule is Cl.O=C(Nc1ccc(OC2CCCCC2O)cc1)c1cn(C2CCNCC2)nn1. The molecule has 8 nitrogen and oxygen atoms in total. The van der Waals surface area contributed by atoms with Crippen molar-refractivity contribution in [2.75, 3.05) is 18.4 Å². The molecule has 0 bridgehead atoms. The summed E-state index contributed by atoms with van der Waals surface area (Å²) >= 11 is 0. The number of ether oxygens (including phenoxy) is 1. The summed E-state index contributed by atoms with van der Waals surface area (Å²) in [5.41, 5.74) is 0.974. The number of aliphatic hydroxyl groups excluding tert-OH is 1. The molecule has 1 aromatic carbocycles. The number of anilines is 1. The van der Waals surface area contributed by atoms with Gasteiger partial charge in [-0.2, -0.15) is 0 Å². The first-order valence-corrected chi connectivity index (χ1v) is 10.1. The van der Waals surface area contributed by atoms with Gasteiger partial charge in [-0.05, 0) is 69.5 Å². The van der Waals surface area contributed by atoms with Crippen molar-refractivity contribution < 1.29 is 14.6 Å². The Morgan fingerprint density at radius 3 is 2.59 bits per heavy atom. The van der Waals surface area contributed by atoms with E-state index in [-0.39, 0.29) is 24.4 Å². The lowest BCUT2D eigenvalue weighted by Gasteiger charge is -2.28. The number of carbonyl (C=O) groups is 1. The summed E-state index contributed by atoms with van der Waals surface area (Å²) in [6.07, 6.45) is 6.91. The van der Waals surface area contributed by atoms with Crippen LogP contribution in [-0.2, 0) is 0 Å². The van der Waals surface area contributed by atoms with E-state index in [0.29, 0.717) is 23.2 Å². The topological polar surface area (TPSA) is 101 Å². The van der Waals surface area contributed by atoms with Gasteiger partial charge in [0, 0.05) is 5.69 Å². The van der Waals surface area contributed by atoms with Crippen molar-refractivity contribution in [3.05, 3.63) is 36.2 Å². The Bertz CT molecular complexity index is 792. The second-order valence-corrected chi connectivity index (χ2v) is 7.55. The third-order valence-electron chi connectivity index (χ3n) is 5.49. The van der Waals surface area contributed by atoms with Gasteiger partial charge in [0.2, 0.25) is 0 Å². The zero-order chi connectivity index (χ0) is 19.3. The molecule has 2 atom stereocenters. The molecule has 2 aliphatic rings. The van der Waals surface area contributed by atoms with Crippen LogP contribution >= 0.6 is 12.4 Å². The zero-order valence-electron chi connectivity index (χ0n) is 16.3. The van der Waals surface area contributed by atoms with Crippen molar-refractivity contribution in [1.29, 1.82) is 0 Å². The molecule has 1 aliphatic heterocycles.